The molecule has 0 amide bonds. The van der Waals surface area contributed by atoms with E-state index in [-0.39, 0.29) is 11.9 Å². The van der Waals surface area contributed by atoms with Gasteiger partial charge in [0.05, 0.1) is 0 Å². The van der Waals surface area contributed by atoms with Crippen LogP contribution in [0.5, 0.6) is 0 Å². The molecule has 62 valence electrons. The smallest absolute Gasteiger partial charge is 0.222 e. The number of hydrogen-bond donors (Lipinski definition) is 4. The predicted octanol–water partition coefficient (Wildman–Crippen LogP) is -1.25. The molecule has 0 spiro atoms. The van der Waals surface area contributed by atoms with E-state index in [1.165, 1.54) is 0 Å². The average molecular weight is 166 g/mol. The maximum Gasteiger partial charge on any atom is 0.222 e. The molecule has 0 aliphatic heterocycles. The normalized spacial score (nSPS) is 10.3. The van der Waals surface area contributed by atoms with Crippen molar-refractivity contribution in [2.45, 2.75) is 0 Å². The minimum Gasteiger partial charge on any atom is -0.368 e. The first-order valence-corrected chi connectivity index (χ1v) is 3.12. The summed E-state index contributed by atoms with van der Waals surface area (Å²) in [6.07, 6.45) is 0. The minimum atomic E-state index is 0.216. The summed E-state index contributed by atoms with van der Waals surface area (Å²) >= 11 is 0. The Morgan fingerprint density at radius 1 is 0.833 bits per heavy atom. The lowest BCUT2D eigenvalue weighted by molar-refractivity contribution is 1.05. The van der Waals surface area contributed by atoms with Crippen LogP contribution >= 0.6 is 0 Å². The molecule has 0 aromatic carbocycles. The Balaban J connectivity index is 2.43. The van der Waals surface area contributed by atoms with Crippen molar-refractivity contribution in [1.82, 2.24) is 30.4 Å². The highest BCUT2D eigenvalue weighted by Crippen LogP contribution is 2.08. The molecule has 2 rings (SSSR count). The van der Waals surface area contributed by atoms with E-state index in [0.717, 1.165) is 0 Å². The van der Waals surface area contributed by atoms with Crippen LogP contribution < -0.4 is 11.5 Å². The van der Waals surface area contributed by atoms with Gasteiger partial charge in [-0.1, -0.05) is 0 Å². The third-order valence-corrected chi connectivity index (χ3v) is 1.21. The molecule has 0 saturated heterocycles. The third kappa shape index (κ3) is 0.944. The number of H-pyrrole nitrogens is 2. The topological polar surface area (TPSA) is 135 Å². The molecule has 8 heteroatoms. The molecule has 0 fully saturated rings. The molecule has 2 aromatic heterocycles. The molecule has 12 heavy (non-hydrogen) atoms. The van der Waals surface area contributed by atoms with Crippen LogP contribution in [0, 0.1) is 0 Å². The van der Waals surface area contributed by atoms with Gasteiger partial charge in [0.1, 0.15) is 0 Å². The van der Waals surface area contributed by atoms with Crippen LogP contribution in [0.2, 0.25) is 0 Å². The van der Waals surface area contributed by atoms with Gasteiger partial charge < -0.3 is 11.5 Å². The first kappa shape index (κ1) is 6.58. The number of rotatable bonds is 1. The molecule has 0 atom stereocenters. The van der Waals surface area contributed by atoms with Crippen molar-refractivity contribution in [1.29, 1.82) is 0 Å². The van der Waals surface area contributed by atoms with E-state index in [1.807, 2.05) is 0 Å². The lowest BCUT2D eigenvalue weighted by Gasteiger charge is -1.79. The molecule has 2 heterocycles. The van der Waals surface area contributed by atoms with E-state index in [2.05, 4.69) is 30.4 Å². The first-order chi connectivity index (χ1) is 5.75. The number of hydrogen-bond acceptors (Lipinski definition) is 6. The number of aromatic nitrogens is 6. The number of anilines is 2. The number of nitrogens with two attached hydrogens (primary N) is 2. The molecule has 0 unspecified atom stereocenters. The van der Waals surface area contributed by atoms with Crippen LogP contribution in [0.25, 0.3) is 11.6 Å². The van der Waals surface area contributed by atoms with Gasteiger partial charge in [0.2, 0.25) is 23.5 Å². The van der Waals surface area contributed by atoms with E-state index < -0.39 is 0 Å². The van der Waals surface area contributed by atoms with Gasteiger partial charge in [-0.2, -0.15) is 9.97 Å². The minimum absolute atomic E-state index is 0.216. The quantitative estimate of drug-likeness (QED) is 0.418. The molecule has 8 nitrogen and oxygen atoms in total. The van der Waals surface area contributed by atoms with Gasteiger partial charge >= 0.3 is 0 Å². The van der Waals surface area contributed by atoms with E-state index in [9.17, 15) is 0 Å². The summed E-state index contributed by atoms with van der Waals surface area (Å²) in [7, 11) is 0. The molecule has 0 bridgehead atoms. The molecular formula is C4H6N8. The third-order valence-electron chi connectivity index (χ3n) is 1.21. The Morgan fingerprint density at radius 2 is 1.25 bits per heavy atom. The molecule has 6 N–H and O–H groups in total. The highest BCUT2D eigenvalue weighted by molar-refractivity contribution is 5.45. The molecule has 0 saturated carbocycles. The summed E-state index contributed by atoms with van der Waals surface area (Å²) in [5, 5.41) is 12.4. The molecule has 0 aliphatic rings. The Morgan fingerprint density at radius 3 is 1.50 bits per heavy atom. The Kier molecular flexibility index (Phi) is 1.20. The fraction of sp³-hybridized carbons (Fsp3) is 0. The SMILES string of the molecule is Nc1nc(-c2n[nH]c(N)n2)n[nH]1. The van der Waals surface area contributed by atoms with Crippen molar-refractivity contribution < 1.29 is 0 Å². The van der Waals surface area contributed by atoms with Crippen molar-refractivity contribution in [2.75, 3.05) is 11.5 Å². The van der Waals surface area contributed by atoms with Gasteiger partial charge in [-0.25, -0.2) is 10.2 Å². The van der Waals surface area contributed by atoms with Gasteiger partial charge in [-0.15, -0.1) is 10.2 Å². The summed E-state index contributed by atoms with van der Waals surface area (Å²) in [6, 6.07) is 0. The van der Waals surface area contributed by atoms with E-state index in [0.29, 0.717) is 11.6 Å². The van der Waals surface area contributed by atoms with Crippen LogP contribution in [0.15, 0.2) is 0 Å². The van der Waals surface area contributed by atoms with Crippen LogP contribution in [0.4, 0.5) is 11.9 Å². The van der Waals surface area contributed by atoms with Crippen LogP contribution in [0.1, 0.15) is 0 Å². The van der Waals surface area contributed by atoms with Crippen molar-refractivity contribution >= 4 is 11.9 Å². The highest BCUT2D eigenvalue weighted by Gasteiger charge is 2.08. The fourth-order valence-electron chi connectivity index (χ4n) is 0.749. The van der Waals surface area contributed by atoms with Crippen molar-refractivity contribution in [3.8, 4) is 11.6 Å². The van der Waals surface area contributed by atoms with Gasteiger partial charge in [-0.05, 0) is 0 Å². The zero-order chi connectivity index (χ0) is 8.55. The first-order valence-electron chi connectivity index (χ1n) is 3.12. The molecule has 2 aromatic rings. The lowest BCUT2D eigenvalue weighted by atomic mass is 10.6. The summed E-state index contributed by atoms with van der Waals surface area (Å²) in [6.45, 7) is 0. The second-order valence-corrected chi connectivity index (χ2v) is 2.09. The van der Waals surface area contributed by atoms with E-state index >= 15 is 0 Å². The maximum atomic E-state index is 5.30. The molecular weight excluding hydrogens is 160 g/mol. The zero-order valence-electron chi connectivity index (χ0n) is 5.94. The number of aromatic amines is 2. The number of nitrogens with zero attached hydrogens (tertiary/aromatic N) is 4. The summed E-state index contributed by atoms with van der Waals surface area (Å²) < 4.78 is 0. The van der Waals surface area contributed by atoms with Gasteiger partial charge in [-0.3, -0.25) is 0 Å². The van der Waals surface area contributed by atoms with Crippen molar-refractivity contribution in [3.05, 3.63) is 0 Å². The average Bonchev–Trinajstić information content (AvgIpc) is 2.58. The number of nitrogens with one attached hydrogen (secondary N) is 2. The zero-order valence-corrected chi connectivity index (χ0v) is 5.94. The van der Waals surface area contributed by atoms with Crippen molar-refractivity contribution in [2.24, 2.45) is 0 Å². The second kappa shape index (κ2) is 2.19. The van der Waals surface area contributed by atoms with Gasteiger partial charge in [0.25, 0.3) is 0 Å². The Bertz CT molecular complexity index is 347. The second-order valence-electron chi connectivity index (χ2n) is 2.09. The van der Waals surface area contributed by atoms with Gasteiger partial charge in [0.15, 0.2) is 0 Å². The van der Waals surface area contributed by atoms with Crippen LogP contribution in [0.3, 0.4) is 0 Å². The van der Waals surface area contributed by atoms with Crippen molar-refractivity contribution in [3.63, 3.8) is 0 Å². The summed E-state index contributed by atoms with van der Waals surface area (Å²) in [5.74, 6) is 1.07. The predicted molar refractivity (Wildman–Crippen MR) is 40.6 cm³/mol. The molecule has 0 aliphatic carbocycles. The van der Waals surface area contributed by atoms with Gasteiger partial charge in [0, 0.05) is 0 Å². The standard InChI is InChI=1S/C4H6N8/c5-3-7-1(9-11-3)2-8-4(6)12-10-2/h(H3,5,7,9,11)(H3,6,8,10,12). The van der Waals surface area contributed by atoms with Crippen LogP contribution in [-0.2, 0) is 0 Å². The maximum absolute atomic E-state index is 5.30. The summed E-state index contributed by atoms with van der Waals surface area (Å²) in [5.41, 5.74) is 10.6. The Hall–Kier alpha value is -2.12. The van der Waals surface area contributed by atoms with E-state index in [4.69, 9.17) is 11.5 Å². The largest absolute Gasteiger partial charge is 0.368 e. The molecule has 0 radical (unpaired) electrons. The van der Waals surface area contributed by atoms with E-state index in [1.54, 1.807) is 0 Å². The monoisotopic (exact) mass is 166 g/mol. The lowest BCUT2D eigenvalue weighted by Crippen LogP contribution is -1.87. The Labute approximate surface area is 66.4 Å². The fourth-order valence-corrected chi connectivity index (χ4v) is 0.749. The summed E-state index contributed by atoms with van der Waals surface area (Å²) in [4.78, 5) is 7.61. The number of nitrogen functional groups attached to an aromatic ring is 2. The van der Waals surface area contributed by atoms with Crippen LogP contribution in [-0.4, -0.2) is 30.4 Å². The highest BCUT2D eigenvalue weighted by atomic mass is 15.3.